The number of esters is 3. The van der Waals surface area contributed by atoms with Gasteiger partial charge in [0.1, 0.15) is 12.2 Å². The molecule has 0 aromatic carbocycles. The van der Waals surface area contributed by atoms with Crippen LogP contribution in [0.15, 0.2) is 10.6 Å². The highest BCUT2D eigenvalue weighted by Gasteiger charge is 2.44. The molecule has 0 bridgehead atoms. The maximum atomic E-state index is 12.0. The average Bonchev–Trinajstić information content (AvgIpc) is 3.07. The van der Waals surface area contributed by atoms with E-state index in [1.165, 1.54) is 13.8 Å². The molecule has 2 rings (SSSR count). The van der Waals surface area contributed by atoms with Gasteiger partial charge in [0.25, 0.3) is 0 Å². The molecule has 3 atom stereocenters. The largest absolute Gasteiger partial charge is 0.455 e. The van der Waals surface area contributed by atoms with Gasteiger partial charge in [0.05, 0.1) is 12.3 Å². The van der Waals surface area contributed by atoms with Crippen molar-refractivity contribution in [3.63, 3.8) is 0 Å². The van der Waals surface area contributed by atoms with Crippen LogP contribution in [0, 0.1) is 0 Å². The van der Waals surface area contributed by atoms with Gasteiger partial charge < -0.3 is 23.5 Å². The molecule has 0 aliphatic carbocycles. The van der Waals surface area contributed by atoms with Gasteiger partial charge in [-0.3, -0.25) is 14.4 Å². The number of hydrogen-bond acceptors (Lipinski definition) is 9. The number of ether oxygens (including phenoxy) is 4. The van der Waals surface area contributed by atoms with Crippen molar-refractivity contribution in [2.75, 3.05) is 6.61 Å². The highest BCUT2D eigenvalue weighted by atomic mass is 16.7. The third-order valence-corrected chi connectivity index (χ3v) is 3.21. The second-order valence-electron chi connectivity index (χ2n) is 5.23. The van der Waals surface area contributed by atoms with Crippen LogP contribution in [0.1, 0.15) is 32.2 Å². The first kappa shape index (κ1) is 17.9. The summed E-state index contributed by atoms with van der Waals surface area (Å²) in [6, 6.07) is 1.66. The molecule has 24 heavy (non-hydrogen) atoms. The summed E-state index contributed by atoms with van der Waals surface area (Å²) in [5, 5.41) is 3.78. The van der Waals surface area contributed by atoms with Gasteiger partial charge in [-0.1, -0.05) is 12.1 Å². The van der Waals surface area contributed by atoms with E-state index in [1.807, 2.05) is 6.92 Å². The Labute approximate surface area is 138 Å². The maximum Gasteiger partial charge on any atom is 0.314 e. The average molecular weight is 341 g/mol. The first-order valence-corrected chi connectivity index (χ1v) is 7.49. The van der Waals surface area contributed by atoms with E-state index in [4.69, 9.17) is 23.5 Å². The summed E-state index contributed by atoms with van der Waals surface area (Å²) in [7, 11) is 0. The van der Waals surface area contributed by atoms with Crippen LogP contribution in [0.4, 0.5) is 0 Å². The summed E-state index contributed by atoms with van der Waals surface area (Å²) < 4.78 is 25.5. The number of carbonyl (C=O) groups is 3. The van der Waals surface area contributed by atoms with Crippen LogP contribution in [-0.4, -0.2) is 48.2 Å². The number of rotatable bonds is 6. The van der Waals surface area contributed by atoms with E-state index in [0.29, 0.717) is 12.2 Å². The Morgan fingerprint density at radius 2 is 1.92 bits per heavy atom. The Kier molecular flexibility index (Phi) is 5.91. The van der Waals surface area contributed by atoms with E-state index >= 15 is 0 Å². The molecule has 132 valence electrons. The molecular weight excluding hydrogens is 322 g/mol. The van der Waals surface area contributed by atoms with E-state index in [-0.39, 0.29) is 13.0 Å². The maximum absolute atomic E-state index is 12.0. The molecule has 2 heterocycles. The van der Waals surface area contributed by atoms with Gasteiger partial charge in [-0.05, 0) is 6.42 Å². The lowest BCUT2D eigenvalue weighted by Gasteiger charge is -2.21. The van der Waals surface area contributed by atoms with Crippen molar-refractivity contribution < 1.29 is 37.9 Å². The smallest absolute Gasteiger partial charge is 0.314 e. The van der Waals surface area contributed by atoms with Gasteiger partial charge >= 0.3 is 17.9 Å². The third-order valence-electron chi connectivity index (χ3n) is 3.21. The highest BCUT2D eigenvalue weighted by molar-refractivity contribution is 5.72. The zero-order valence-corrected chi connectivity index (χ0v) is 13.6. The van der Waals surface area contributed by atoms with Crippen molar-refractivity contribution in [3.8, 4) is 0 Å². The normalized spacial score (nSPS) is 22.9. The van der Waals surface area contributed by atoms with Crippen LogP contribution in [0.25, 0.3) is 0 Å². The molecule has 0 N–H and O–H groups in total. The van der Waals surface area contributed by atoms with Crippen molar-refractivity contribution in [1.29, 1.82) is 0 Å². The number of aryl methyl sites for hydroxylation is 1. The lowest BCUT2D eigenvalue weighted by Crippen LogP contribution is -2.39. The van der Waals surface area contributed by atoms with Crippen molar-refractivity contribution in [3.05, 3.63) is 17.5 Å². The van der Waals surface area contributed by atoms with Crippen molar-refractivity contribution >= 4 is 17.9 Å². The van der Waals surface area contributed by atoms with Crippen LogP contribution < -0.4 is 0 Å². The van der Waals surface area contributed by atoms with Gasteiger partial charge in [-0.25, -0.2) is 0 Å². The third kappa shape index (κ3) is 4.79. The molecule has 9 nitrogen and oxygen atoms in total. The van der Waals surface area contributed by atoms with Crippen molar-refractivity contribution in [2.24, 2.45) is 0 Å². The van der Waals surface area contributed by atoms with E-state index in [9.17, 15) is 14.4 Å². The highest BCUT2D eigenvalue weighted by Crippen LogP contribution is 2.23. The predicted molar refractivity (Wildman–Crippen MR) is 76.5 cm³/mol. The Morgan fingerprint density at radius 1 is 1.21 bits per heavy atom. The first-order valence-electron chi connectivity index (χ1n) is 7.49. The minimum Gasteiger partial charge on any atom is -0.455 e. The second-order valence-corrected chi connectivity index (χ2v) is 5.23. The van der Waals surface area contributed by atoms with Crippen molar-refractivity contribution in [1.82, 2.24) is 5.16 Å². The van der Waals surface area contributed by atoms with E-state index in [1.54, 1.807) is 6.07 Å². The summed E-state index contributed by atoms with van der Waals surface area (Å²) >= 11 is 0. The van der Waals surface area contributed by atoms with Crippen molar-refractivity contribution in [2.45, 2.75) is 52.1 Å². The Balaban J connectivity index is 1.96. The number of hydrogen-bond donors (Lipinski definition) is 0. The predicted octanol–water partition coefficient (Wildman–Crippen LogP) is 0.542. The fourth-order valence-corrected chi connectivity index (χ4v) is 2.20. The molecule has 1 aromatic rings. The van der Waals surface area contributed by atoms with Gasteiger partial charge in [-0.15, -0.1) is 0 Å². The molecule has 1 aliphatic heterocycles. The lowest BCUT2D eigenvalue weighted by molar-refractivity contribution is -0.192. The molecule has 1 fully saturated rings. The molecule has 1 saturated heterocycles. The zero-order chi connectivity index (χ0) is 17.7. The minimum absolute atomic E-state index is 0.0573. The molecule has 0 spiro atoms. The van der Waals surface area contributed by atoms with Crippen LogP contribution >= 0.6 is 0 Å². The Hall–Kier alpha value is -2.42. The van der Waals surface area contributed by atoms with E-state index in [2.05, 4.69) is 5.16 Å². The lowest BCUT2D eigenvalue weighted by atomic mass is 10.2. The summed E-state index contributed by atoms with van der Waals surface area (Å²) in [6.45, 7) is 4.25. The fraction of sp³-hybridized carbons (Fsp3) is 0.600. The van der Waals surface area contributed by atoms with Gasteiger partial charge in [0, 0.05) is 19.9 Å². The fourth-order valence-electron chi connectivity index (χ4n) is 2.20. The molecule has 1 aliphatic rings. The second kappa shape index (κ2) is 7.91. The molecular formula is C15H19NO8. The monoisotopic (exact) mass is 341 g/mol. The molecule has 0 saturated carbocycles. The van der Waals surface area contributed by atoms with Crippen LogP contribution in [0.3, 0.4) is 0 Å². The first-order chi connectivity index (χ1) is 11.4. The quantitative estimate of drug-likeness (QED) is 0.540. The summed E-state index contributed by atoms with van der Waals surface area (Å²) in [6.07, 6.45) is -2.43. The number of aromatic nitrogens is 1. The summed E-state index contributed by atoms with van der Waals surface area (Å²) in [4.78, 5) is 34.3. The van der Waals surface area contributed by atoms with Gasteiger partial charge in [-0.2, -0.15) is 0 Å². The van der Waals surface area contributed by atoms with Crippen LogP contribution in [0.5, 0.6) is 0 Å². The Morgan fingerprint density at radius 3 is 2.50 bits per heavy atom. The van der Waals surface area contributed by atoms with Gasteiger partial charge in [0.15, 0.2) is 6.10 Å². The molecule has 0 radical (unpaired) electrons. The molecule has 1 unspecified atom stereocenters. The van der Waals surface area contributed by atoms with Crippen LogP contribution in [0.2, 0.25) is 0 Å². The Bertz CT molecular complexity index is 610. The van der Waals surface area contributed by atoms with E-state index < -0.39 is 36.4 Å². The summed E-state index contributed by atoms with van der Waals surface area (Å²) in [5.74, 6) is -1.43. The zero-order valence-electron chi connectivity index (χ0n) is 13.6. The molecule has 0 amide bonds. The van der Waals surface area contributed by atoms with Gasteiger partial charge in [0.2, 0.25) is 12.4 Å². The molecule has 1 aromatic heterocycles. The minimum atomic E-state index is -1.11. The summed E-state index contributed by atoms with van der Waals surface area (Å²) in [5.41, 5.74) is 0.731. The SMILES string of the molecule is CCc1cc(CC(=O)O[C@@H]2COC(OC(C)=O)[C@@H]2OC(C)=O)on1. The number of carbonyl (C=O) groups excluding carboxylic acids is 3. The molecule has 9 heteroatoms. The van der Waals surface area contributed by atoms with Crippen LogP contribution in [-0.2, 0) is 46.2 Å². The standard InChI is InChI=1S/C15H19NO8/c1-4-10-5-11(24-16-10)6-13(19)23-12-7-20-15(22-9(3)18)14(12)21-8(2)17/h5,12,14-15H,4,6-7H2,1-3H3/t12-,14-,15?/m1/s1. The topological polar surface area (TPSA) is 114 Å². The van der Waals surface area contributed by atoms with E-state index in [0.717, 1.165) is 5.69 Å². The number of nitrogens with zero attached hydrogens (tertiary/aromatic N) is 1.